The maximum absolute atomic E-state index is 12.8. The smallest absolute Gasteiger partial charge is 0.262 e. The monoisotopic (exact) mass is 425 g/mol. The average Bonchev–Trinajstić information content (AvgIpc) is 2.99. The van der Waals surface area contributed by atoms with E-state index in [0.717, 1.165) is 16.9 Å². The maximum Gasteiger partial charge on any atom is 0.262 e. The molecule has 1 aromatic heterocycles. The standard InChI is InChI=1S/C22H20ClN3O2S/c1-15-19(23)9-6-10-22(15)29(27,28)25-18-11-12-21-20(13-18)24-16(2)26(21)14-17-7-4-3-5-8-17/h3-13,25H,14H2,1-2H3. The van der Waals surface area contributed by atoms with Crippen LogP contribution in [0.25, 0.3) is 11.0 Å². The molecule has 1 heterocycles. The highest BCUT2D eigenvalue weighted by atomic mass is 35.5. The molecular formula is C22H20ClN3O2S. The van der Waals surface area contributed by atoms with Gasteiger partial charge < -0.3 is 4.57 Å². The number of rotatable bonds is 5. The number of benzene rings is 3. The molecule has 0 aliphatic carbocycles. The largest absolute Gasteiger partial charge is 0.324 e. The minimum Gasteiger partial charge on any atom is -0.324 e. The molecule has 0 saturated heterocycles. The van der Waals surface area contributed by atoms with Crippen molar-refractivity contribution in [1.29, 1.82) is 0 Å². The number of halogens is 1. The second-order valence-electron chi connectivity index (χ2n) is 6.90. The topological polar surface area (TPSA) is 64.0 Å². The number of aryl methyl sites for hydroxylation is 1. The van der Waals surface area contributed by atoms with Crippen molar-refractivity contribution in [2.45, 2.75) is 25.3 Å². The Bertz CT molecular complexity index is 1300. The summed E-state index contributed by atoms with van der Waals surface area (Å²) < 4.78 is 30.4. The van der Waals surface area contributed by atoms with Crippen LogP contribution in [0, 0.1) is 13.8 Å². The van der Waals surface area contributed by atoms with Crippen LogP contribution in [0.15, 0.2) is 71.6 Å². The molecule has 0 amide bonds. The number of hydrogen-bond donors (Lipinski definition) is 1. The van der Waals surface area contributed by atoms with Gasteiger partial charge >= 0.3 is 0 Å². The third kappa shape index (κ3) is 3.86. The summed E-state index contributed by atoms with van der Waals surface area (Å²) in [5, 5.41) is 0.415. The van der Waals surface area contributed by atoms with Gasteiger partial charge in [0, 0.05) is 11.6 Å². The predicted molar refractivity (Wildman–Crippen MR) is 117 cm³/mol. The number of fused-ring (bicyclic) bond motifs is 1. The molecule has 29 heavy (non-hydrogen) atoms. The SMILES string of the molecule is Cc1c(Cl)cccc1S(=O)(=O)Nc1ccc2c(c1)nc(C)n2Cc1ccccc1. The zero-order chi connectivity index (χ0) is 20.6. The fraction of sp³-hybridized carbons (Fsp3) is 0.136. The van der Waals surface area contributed by atoms with Crippen molar-refractivity contribution >= 4 is 38.3 Å². The highest BCUT2D eigenvalue weighted by Crippen LogP contribution is 2.27. The van der Waals surface area contributed by atoms with Crippen molar-refractivity contribution in [3.63, 3.8) is 0 Å². The van der Waals surface area contributed by atoms with Crippen LogP contribution in [-0.2, 0) is 16.6 Å². The van der Waals surface area contributed by atoms with Gasteiger partial charge in [0.05, 0.1) is 21.6 Å². The molecule has 0 unspecified atom stereocenters. The third-order valence-corrected chi connectivity index (χ3v) is 6.82. The first kappa shape index (κ1) is 19.5. The van der Waals surface area contributed by atoms with Gasteiger partial charge in [-0.1, -0.05) is 48.0 Å². The van der Waals surface area contributed by atoms with Crippen LogP contribution < -0.4 is 4.72 Å². The first-order valence-corrected chi connectivity index (χ1v) is 11.0. The molecule has 0 radical (unpaired) electrons. The Labute approximate surface area is 175 Å². The molecule has 0 fully saturated rings. The van der Waals surface area contributed by atoms with Crippen molar-refractivity contribution in [2.24, 2.45) is 0 Å². The van der Waals surface area contributed by atoms with Crippen LogP contribution in [-0.4, -0.2) is 18.0 Å². The van der Waals surface area contributed by atoms with E-state index in [9.17, 15) is 8.42 Å². The number of nitrogens with zero attached hydrogens (tertiary/aromatic N) is 2. The van der Waals surface area contributed by atoms with Gasteiger partial charge in [-0.25, -0.2) is 13.4 Å². The van der Waals surface area contributed by atoms with Gasteiger partial charge in [-0.3, -0.25) is 4.72 Å². The Hall–Kier alpha value is -2.83. The van der Waals surface area contributed by atoms with Crippen LogP contribution in [0.4, 0.5) is 5.69 Å². The second kappa shape index (κ2) is 7.54. The van der Waals surface area contributed by atoms with Crippen molar-refractivity contribution in [3.8, 4) is 0 Å². The van der Waals surface area contributed by atoms with E-state index in [1.807, 2.05) is 31.2 Å². The molecule has 0 atom stereocenters. The quantitative estimate of drug-likeness (QED) is 0.480. The summed E-state index contributed by atoms with van der Waals surface area (Å²) in [4.78, 5) is 4.77. The van der Waals surface area contributed by atoms with Crippen molar-refractivity contribution in [2.75, 3.05) is 4.72 Å². The van der Waals surface area contributed by atoms with Gasteiger partial charge in [0.25, 0.3) is 10.0 Å². The van der Waals surface area contributed by atoms with Crippen LogP contribution in [0.3, 0.4) is 0 Å². The van der Waals surface area contributed by atoms with E-state index in [-0.39, 0.29) is 4.90 Å². The van der Waals surface area contributed by atoms with Gasteiger partial charge in [0.2, 0.25) is 0 Å². The minimum atomic E-state index is -3.76. The van der Waals surface area contributed by atoms with Crippen LogP contribution in [0.1, 0.15) is 17.0 Å². The summed E-state index contributed by atoms with van der Waals surface area (Å²) in [6.45, 7) is 4.34. The number of nitrogens with one attached hydrogen (secondary N) is 1. The molecule has 0 bridgehead atoms. The molecule has 1 N–H and O–H groups in total. The van der Waals surface area contributed by atoms with Crippen molar-refractivity contribution in [1.82, 2.24) is 9.55 Å². The Kier molecular flexibility index (Phi) is 5.06. The summed E-state index contributed by atoms with van der Waals surface area (Å²) in [6, 6.07) is 20.4. The van der Waals surface area contributed by atoms with E-state index in [0.29, 0.717) is 22.8 Å². The molecule has 0 spiro atoms. The summed E-state index contributed by atoms with van der Waals surface area (Å²) in [7, 11) is -3.76. The zero-order valence-corrected chi connectivity index (χ0v) is 17.6. The van der Waals surface area contributed by atoms with E-state index >= 15 is 0 Å². The van der Waals surface area contributed by atoms with Crippen LogP contribution in [0.2, 0.25) is 5.02 Å². The second-order valence-corrected chi connectivity index (χ2v) is 8.96. The van der Waals surface area contributed by atoms with Gasteiger partial charge in [-0.05, 0) is 55.3 Å². The predicted octanol–water partition coefficient (Wildman–Crippen LogP) is 5.16. The van der Waals surface area contributed by atoms with E-state index in [1.165, 1.54) is 5.56 Å². The van der Waals surface area contributed by atoms with Crippen molar-refractivity contribution in [3.05, 3.63) is 88.7 Å². The molecule has 4 aromatic rings. The van der Waals surface area contributed by atoms with Gasteiger partial charge in [0.15, 0.2) is 0 Å². The molecule has 0 aliphatic heterocycles. The molecule has 0 saturated carbocycles. The lowest BCUT2D eigenvalue weighted by atomic mass is 10.2. The van der Waals surface area contributed by atoms with Gasteiger partial charge in [0.1, 0.15) is 5.82 Å². The van der Waals surface area contributed by atoms with Crippen LogP contribution in [0.5, 0.6) is 0 Å². The lowest BCUT2D eigenvalue weighted by Crippen LogP contribution is -2.14. The molecular weight excluding hydrogens is 406 g/mol. The van der Waals surface area contributed by atoms with E-state index in [4.69, 9.17) is 11.6 Å². The Balaban J connectivity index is 1.67. The highest BCUT2D eigenvalue weighted by molar-refractivity contribution is 7.92. The summed E-state index contributed by atoms with van der Waals surface area (Å²) >= 11 is 6.08. The Morgan fingerprint density at radius 3 is 2.52 bits per heavy atom. The fourth-order valence-corrected chi connectivity index (χ4v) is 4.92. The summed E-state index contributed by atoms with van der Waals surface area (Å²) in [5.74, 6) is 0.870. The number of aromatic nitrogens is 2. The number of imidazole rings is 1. The number of hydrogen-bond acceptors (Lipinski definition) is 3. The van der Waals surface area contributed by atoms with Crippen molar-refractivity contribution < 1.29 is 8.42 Å². The molecule has 3 aromatic carbocycles. The van der Waals surface area contributed by atoms with E-state index in [1.54, 1.807) is 37.3 Å². The summed E-state index contributed by atoms with van der Waals surface area (Å²) in [5.41, 5.74) is 3.85. The number of sulfonamides is 1. The third-order valence-electron chi connectivity index (χ3n) is 4.88. The van der Waals surface area contributed by atoms with E-state index in [2.05, 4.69) is 26.4 Å². The summed E-state index contributed by atoms with van der Waals surface area (Å²) in [6.07, 6.45) is 0. The minimum absolute atomic E-state index is 0.163. The number of anilines is 1. The van der Waals surface area contributed by atoms with Crippen LogP contribution >= 0.6 is 11.6 Å². The Morgan fingerprint density at radius 1 is 1.00 bits per heavy atom. The van der Waals surface area contributed by atoms with Gasteiger partial charge in [-0.2, -0.15) is 0 Å². The lowest BCUT2D eigenvalue weighted by molar-refractivity contribution is 0.600. The fourth-order valence-electron chi connectivity index (χ4n) is 3.37. The first-order valence-electron chi connectivity index (χ1n) is 9.14. The molecule has 7 heteroatoms. The molecule has 0 aliphatic rings. The first-order chi connectivity index (χ1) is 13.8. The lowest BCUT2D eigenvalue weighted by Gasteiger charge is -2.11. The Morgan fingerprint density at radius 2 is 1.76 bits per heavy atom. The van der Waals surface area contributed by atoms with E-state index < -0.39 is 10.0 Å². The normalized spacial score (nSPS) is 11.7. The molecule has 148 valence electrons. The average molecular weight is 426 g/mol. The zero-order valence-electron chi connectivity index (χ0n) is 16.1. The highest BCUT2D eigenvalue weighted by Gasteiger charge is 2.19. The molecule has 5 nitrogen and oxygen atoms in total. The maximum atomic E-state index is 12.8. The van der Waals surface area contributed by atoms with Gasteiger partial charge in [-0.15, -0.1) is 0 Å². The molecule has 4 rings (SSSR count).